The predicted molar refractivity (Wildman–Crippen MR) is 107 cm³/mol. The zero-order valence-electron chi connectivity index (χ0n) is 15.5. The second-order valence-electron chi connectivity index (χ2n) is 6.33. The van der Waals surface area contributed by atoms with Crippen LogP contribution in [0.25, 0.3) is 0 Å². The number of carbonyl (C=O) groups is 2. The fourth-order valence-corrected chi connectivity index (χ4v) is 5.27. The summed E-state index contributed by atoms with van der Waals surface area (Å²) in [6.07, 6.45) is 2.77. The molecule has 1 aromatic carbocycles. The number of thiophene rings is 1. The largest absolute Gasteiger partial charge is 0.462 e. The van der Waals surface area contributed by atoms with Crippen molar-refractivity contribution in [3.63, 3.8) is 0 Å². The summed E-state index contributed by atoms with van der Waals surface area (Å²) in [5.41, 5.74) is 0.602. The molecule has 1 N–H and O–H groups in total. The average molecular weight is 423 g/mol. The number of piperidine rings is 1. The minimum absolute atomic E-state index is 0.175. The Balaban J connectivity index is 1.73. The Kier molecular flexibility index (Phi) is 6.48. The zero-order chi connectivity index (χ0) is 20.1. The molecule has 1 amide bonds. The Bertz CT molecular complexity index is 945. The van der Waals surface area contributed by atoms with Crippen LogP contribution < -0.4 is 5.32 Å². The summed E-state index contributed by atoms with van der Waals surface area (Å²) in [5, 5.41) is 4.77. The molecule has 1 aliphatic rings. The van der Waals surface area contributed by atoms with Crippen LogP contribution >= 0.6 is 11.3 Å². The summed E-state index contributed by atoms with van der Waals surface area (Å²) in [5.74, 6) is -0.919. The minimum Gasteiger partial charge on any atom is -0.462 e. The van der Waals surface area contributed by atoms with Crippen LogP contribution in [0.3, 0.4) is 0 Å². The molecule has 0 aliphatic carbocycles. The van der Waals surface area contributed by atoms with Crippen molar-refractivity contribution in [2.24, 2.45) is 0 Å². The summed E-state index contributed by atoms with van der Waals surface area (Å²) in [7, 11) is -3.54. The summed E-state index contributed by atoms with van der Waals surface area (Å²) < 4.78 is 31.8. The van der Waals surface area contributed by atoms with E-state index in [1.54, 1.807) is 18.4 Å². The monoisotopic (exact) mass is 422 g/mol. The topological polar surface area (TPSA) is 92.8 Å². The van der Waals surface area contributed by atoms with Gasteiger partial charge in [0.2, 0.25) is 10.0 Å². The van der Waals surface area contributed by atoms with E-state index in [2.05, 4.69) is 5.32 Å². The Morgan fingerprint density at radius 1 is 1.11 bits per heavy atom. The maximum atomic E-state index is 12.7. The number of carbonyl (C=O) groups excluding carboxylic acids is 2. The molecular weight excluding hydrogens is 400 g/mol. The van der Waals surface area contributed by atoms with Gasteiger partial charge in [0, 0.05) is 18.7 Å². The first-order valence-corrected chi connectivity index (χ1v) is 11.4. The highest BCUT2D eigenvalue weighted by atomic mass is 32.2. The number of anilines is 1. The lowest BCUT2D eigenvalue weighted by Gasteiger charge is -2.25. The van der Waals surface area contributed by atoms with Gasteiger partial charge in [0.25, 0.3) is 5.91 Å². The molecule has 9 heteroatoms. The highest BCUT2D eigenvalue weighted by Crippen LogP contribution is 2.25. The normalized spacial score (nSPS) is 15.2. The second-order valence-corrected chi connectivity index (χ2v) is 9.18. The van der Waals surface area contributed by atoms with E-state index in [1.165, 1.54) is 39.9 Å². The van der Waals surface area contributed by atoms with E-state index >= 15 is 0 Å². The van der Waals surface area contributed by atoms with Crippen molar-refractivity contribution in [3.8, 4) is 0 Å². The van der Waals surface area contributed by atoms with Gasteiger partial charge in [-0.2, -0.15) is 4.31 Å². The fourth-order valence-electron chi connectivity index (χ4n) is 2.98. The summed E-state index contributed by atoms with van der Waals surface area (Å²) in [6, 6.07) is 7.43. The van der Waals surface area contributed by atoms with Gasteiger partial charge < -0.3 is 10.1 Å². The summed E-state index contributed by atoms with van der Waals surface area (Å²) in [6.45, 7) is 3.01. The van der Waals surface area contributed by atoms with E-state index in [4.69, 9.17) is 4.74 Å². The van der Waals surface area contributed by atoms with Crippen LogP contribution in [0, 0.1) is 0 Å². The molecule has 150 valence electrons. The number of sulfonamides is 1. The van der Waals surface area contributed by atoms with E-state index < -0.39 is 21.9 Å². The average Bonchev–Trinajstić information content (AvgIpc) is 3.17. The first-order chi connectivity index (χ1) is 13.4. The van der Waals surface area contributed by atoms with Crippen molar-refractivity contribution < 1.29 is 22.7 Å². The van der Waals surface area contributed by atoms with Crippen LogP contribution in [0.15, 0.2) is 40.6 Å². The van der Waals surface area contributed by atoms with Gasteiger partial charge in [0.05, 0.1) is 17.1 Å². The van der Waals surface area contributed by atoms with Crippen molar-refractivity contribution in [2.45, 2.75) is 31.1 Å². The van der Waals surface area contributed by atoms with Gasteiger partial charge in [-0.1, -0.05) is 6.42 Å². The van der Waals surface area contributed by atoms with Gasteiger partial charge in [-0.3, -0.25) is 4.79 Å². The molecule has 0 unspecified atom stereocenters. The number of hydrogen-bond donors (Lipinski definition) is 1. The number of hydrogen-bond acceptors (Lipinski definition) is 6. The molecule has 3 rings (SSSR count). The smallest absolute Gasteiger partial charge is 0.341 e. The second kappa shape index (κ2) is 8.85. The Hall–Kier alpha value is -2.23. The van der Waals surface area contributed by atoms with E-state index in [0.29, 0.717) is 29.2 Å². The third-order valence-electron chi connectivity index (χ3n) is 4.46. The van der Waals surface area contributed by atoms with Crippen molar-refractivity contribution in [1.29, 1.82) is 0 Å². The molecule has 2 aromatic rings. The van der Waals surface area contributed by atoms with E-state index in [9.17, 15) is 18.0 Å². The first kappa shape index (κ1) is 20.5. The molecular formula is C19H22N2O5S2. The maximum Gasteiger partial charge on any atom is 0.341 e. The number of ether oxygens (including phenoxy) is 1. The lowest BCUT2D eigenvalue weighted by atomic mass is 10.2. The van der Waals surface area contributed by atoms with Gasteiger partial charge in [0.15, 0.2) is 0 Å². The molecule has 7 nitrogen and oxygen atoms in total. The Morgan fingerprint density at radius 3 is 2.43 bits per heavy atom. The number of nitrogens with one attached hydrogen (secondary N) is 1. The van der Waals surface area contributed by atoms with Gasteiger partial charge >= 0.3 is 5.97 Å². The molecule has 0 atom stereocenters. The highest BCUT2D eigenvalue weighted by molar-refractivity contribution is 7.89. The molecule has 1 fully saturated rings. The molecule has 28 heavy (non-hydrogen) atoms. The lowest BCUT2D eigenvalue weighted by molar-refractivity contribution is 0.0528. The summed E-state index contributed by atoms with van der Waals surface area (Å²) >= 11 is 1.22. The molecule has 2 heterocycles. The minimum atomic E-state index is -3.54. The SMILES string of the molecule is CCOC(=O)c1ccsc1NC(=O)c1ccc(S(=O)(=O)N2CCCCC2)cc1. The van der Waals surface area contributed by atoms with Gasteiger partial charge in [-0.25, -0.2) is 13.2 Å². The summed E-state index contributed by atoms with van der Waals surface area (Å²) in [4.78, 5) is 24.6. The maximum absolute atomic E-state index is 12.7. The fraction of sp³-hybridized carbons (Fsp3) is 0.368. The molecule has 1 aromatic heterocycles. The first-order valence-electron chi connectivity index (χ1n) is 9.09. The van der Waals surface area contributed by atoms with Crippen LogP contribution in [0.4, 0.5) is 5.00 Å². The van der Waals surface area contributed by atoms with Gasteiger partial charge in [-0.05, 0) is 55.5 Å². The quantitative estimate of drug-likeness (QED) is 0.721. The van der Waals surface area contributed by atoms with Crippen molar-refractivity contribution >= 4 is 38.2 Å². The number of esters is 1. The molecule has 0 bridgehead atoms. The van der Waals surface area contributed by atoms with Crippen LogP contribution in [0.5, 0.6) is 0 Å². The molecule has 1 aliphatic heterocycles. The van der Waals surface area contributed by atoms with Crippen molar-refractivity contribution in [2.75, 3.05) is 25.0 Å². The van der Waals surface area contributed by atoms with E-state index in [1.807, 2.05) is 0 Å². The van der Waals surface area contributed by atoms with E-state index in [-0.39, 0.29) is 11.5 Å². The predicted octanol–water partition coefficient (Wildman–Crippen LogP) is 3.35. The Morgan fingerprint density at radius 2 is 1.79 bits per heavy atom. The molecule has 0 saturated carbocycles. The number of benzene rings is 1. The van der Waals surface area contributed by atoms with Crippen molar-refractivity contribution in [1.82, 2.24) is 4.31 Å². The lowest BCUT2D eigenvalue weighted by Crippen LogP contribution is -2.35. The van der Waals surface area contributed by atoms with E-state index in [0.717, 1.165) is 19.3 Å². The van der Waals surface area contributed by atoms with Crippen LogP contribution in [0.2, 0.25) is 0 Å². The van der Waals surface area contributed by atoms with Crippen molar-refractivity contribution in [3.05, 3.63) is 46.8 Å². The molecule has 1 saturated heterocycles. The molecule has 0 spiro atoms. The Labute approximate surface area is 168 Å². The number of rotatable bonds is 6. The molecule has 0 radical (unpaired) electrons. The highest BCUT2D eigenvalue weighted by Gasteiger charge is 2.26. The zero-order valence-corrected chi connectivity index (χ0v) is 17.1. The third-order valence-corrected chi connectivity index (χ3v) is 7.20. The van der Waals surface area contributed by atoms with Crippen LogP contribution in [0.1, 0.15) is 46.9 Å². The van der Waals surface area contributed by atoms with Crippen LogP contribution in [-0.4, -0.2) is 44.3 Å². The van der Waals surface area contributed by atoms with Gasteiger partial charge in [0.1, 0.15) is 5.00 Å². The number of nitrogens with zero attached hydrogens (tertiary/aromatic N) is 1. The third kappa shape index (κ3) is 4.43. The standard InChI is InChI=1S/C19H22N2O5S2/c1-2-26-19(23)16-10-13-27-18(16)20-17(22)14-6-8-15(9-7-14)28(24,25)21-11-4-3-5-12-21/h6-10,13H,2-5,11-12H2,1H3,(H,20,22). The van der Waals surface area contributed by atoms with Gasteiger partial charge in [-0.15, -0.1) is 11.3 Å². The van der Waals surface area contributed by atoms with Crippen LogP contribution in [-0.2, 0) is 14.8 Å². The number of amides is 1.